The number of rotatable bonds is 6. The number of benzene rings is 2. The van der Waals surface area contributed by atoms with Gasteiger partial charge < -0.3 is 10.5 Å². The van der Waals surface area contributed by atoms with Crippen LogP contribution in [0.1, 0.15) is 30.9 Å². The predicted molar refractivity (Wildman–Crippen MR) is 126 cm³/mol. The second-order valence-electron chi connectivity index (χ2n) is 8.08. The number of nitrogen functional groups attached to an aromatic ring is 1. The number of nitrogens with two attached hydrogens (primary N) is 1. The molecule has 0 bridgehead atoms. The molecular formula is C23H22F3N5O3S. The fraction of sp³-hybridized carbons (Fsp3) is 0.217. The van der Waals surface area contributed by atoms with Gasteiger partial charge in [-0.1, -0.05) is 13.8 Å². The van der Waals surface area contributed by atoms with Gasteiger partial charge in [0, 0.05) is 23.0 Å². The normalized spacial score (nSPS) is 12.3. The Balaban J connectivity index is 1.74. The number of ether oxygens (including phenoxy) is 1. The summed E-state index contributed by atoms with van der Waals surface area (Å²) < 4.78 is 73.8. The molecule has 35 heavy (non-hydrogen) atoms. The highest BCUT2D eigenvalue weighted by Crippen LogP contribution is 2.33. The topological polar surface area (TPSA) is 112 Å². The molecule has 8 nitrogen and oxygen atoms in total. The van der Waals surface area contributed by atoms with Crippen LogP contribution in [0.3, 0.4) is 0 Å². The fourth-order valence-electron chi connectivity index (χ4n) is 3.66. The van der Waals surface area contributed by atoms with Crippen LogP contribution in [0.5, 0.6) is 5.75 Å². The molecule has 0 aliphatic rings. The number of nitrogens with zero attached hydrogens (tertiary/aromatic N) is 3. The van der Waals surface area contributed by atoms with Crippen LogP contribution >= 0.6 is 0 Å². The Morgan fingerprint density at radius 3 is 2.37 bits per heavy atom. The van der Waals surface area contributed by atoms with Crippen LogP contribution in [0.4, 0.5) is 24.7 Å². The summed E-state index contributed by atoms with van der Waals surface area (Å²) in [6.45, 7) is 3.93. The van der Waals surface area contributed by atoms with Crippen molar-refractivity contribution in [3.8, 4) is 17.0 Å². The van der Waals surface area contributed by atoms with Crippen LogP contribution in [-0.2, 0) is 16.2 Å². The molecule has 2 aromatic carbocycles. The van der Waals surface area contributed by atoms with Crippen molar-refractivity contribution in [3.63, 3.8) is 0 Å². The smallest absolute Gasteiger partial charge is 0.416 e. The van der Waals surface area contributed by atoms with Crippen LogP contribution in [0.15, 0.2) is 59.6 Å². The Morgan fingerprint density at radius 2 is 1.77 bits per heavy atom. The number of nitrogens with one attached hydrogen (secondary N) is 1. The summed E-state index contributed by atoms with van der Waals surface area (Å²) in [7, 11) is -2.90. The number of anilines is 2. The molecule has 3 N–H and O–H groups in total. The van der Waals surface area contributed by atoms with Crippen molar-refractivity contribution < 1.29 is 26.3 Å². The molecular weight excluding hydrogens is 483 g/mol. The van der Waals surface area contributed by atoms with Crippen molar-refractivity contribution in [1.82, 2.24) is 14.6 Å². The van der Waals surface area contributed by atoms with E-state index in [-0.39, 0.29) is 22.3 Å². The van der Waals surface area contributed by atoms with E-state index in [1.165, 1.54) is 19.2 Å². The van der Waals surface area contributed by atoms with E-state index in [1.807, 2.05) is 13.8 Å². The summed E-state index contributed by atoms with van der Waals surface area (Å²) in [5.74, 6) is 0.490. The van der Waals surface area contributed by atoms with Crippen LogP contribution in [0, 0.1) is 0 Å². The molecule has 0 fully saturated rings. The van der Waals surface area contributed by atoms with Gasteiger partial charge in [-0.15, -0.1) is 5.10 Å². The number of alkyl halides is 3. The van der Waals surface area contributed by atoms with E-state index in [4.69, 9.17) is 10.5 Å². The third kappa shape index (κ3) is 4.74. The quantitative estimate of drug-likeness (QED) is 0.384. The lowest BCUT2D eigenvalue weighted by atomic mass is 10.1. The lowest BCUT2D eigenvalue weighted by Crippen LogP contribution is -2.14. The van der Waals surface area contributed by atoms with Crippen LogP contribution in [0.25, 0.3) is 16.9 Å². The van der Waals surface area contributed by atoms with E-state index in [1.54, 1.807) is 22.8 Å². The number of fused-ring (bicyclic) bond motifs is 1. The summed E-state index contributed by atoms with van der Waals surface area (Å²) >= 11 is 0. The van der Waals surface area contributed by atoms with Gasteiger partial charge >= 0.3 is 6.18 Å². The van der Waals surface area contributed by atoms with Gasteiger partial charge in [0.15, 0.2) is 11.5 Å². The molecule has 184 valence electrons. The monoisotopic (exact) mass is 505 g/mol. The first-order valence-electron chi connectivity index (χ1n) is 10.4. The van der Waals surface area contributed by atoms with Gasteiger partial charge in [0.05, 0.1) is 18.4 Å². The van der Waals surface area contributed by atoms with E-state index in [0.717, 1.165) is 29.8 Å². The Labute approximate surface area is 199 Å². The Hall–Kier alpha value is -3.80. The van der Waals surface area contributed by atoms with E-state index in [9.17, 15) is 21.6 Å². The zero-order chi connectivity index (χ0) is 25.5. The van der Waals surface area contributed by atoms with Crippen molar-refractivity contribution in [2.75, 3.05) is 17.6 Å². The highest BCUT2D eigenvalue weighted by atomic mass is 32.2. The standard InChI is InChI=1S/C23H22F3N5O3S/c1-13(2)20-21(27)29-31-11-10-17(28-22(20)31)14-4-9-18(34-3)19(12-14)35(32,33)30-16-7-5-15(6-8-16)23(24,25)26/h4-13,30H,1-3H3,(H2,27,29). The van der Waals surface area contributed by atoms with E-state index in [2.05, 4.69) is 14.8 Å². The Kier molecular flexibility index (Phi) is 6.09. The minimum Gasteiger partial charge on any atom is -0.495 e. The molecule has 2 heterocycles. The number of hydrogen-bond donors (Lipinski definition) is 2. The Bertz CT molecular complexity index is 1500. The maximum atomic E-state index is 13.1. The maximum absolute atomic E-state index is 13.1. The number of aromatic nitrogens is 3. The van der Waals surface area contributed by atoms with E-state index >= 15 is 0 Å². The second kappa shape index (κ2) is 8.77. The molecule has 4 aromatic rings. The minimum atomic E-state index is -4.53. The van der Waals surface area contributed by atoms with Crippen molar-refractivity contribution in [2.45, 2.75) is 30.8 Å². The summed E-state index contributed by atoms with van der Waals surface area (Å²) in [6.07, 6.45) is -2.85. The van der Waals surface area contributed by atoms with Gasteiger partial charge in [-0.25, -0.2) is 17.9 Å². The highest BCUT2D eigenvalue weighted by Gasteiger charge is 2.30. The number of methoxy groups -OCH3 is 1. The van der Waals surface area contributed by atoms with Crippen molar-refractivity contribution in [1.29, 1.82) is 0 Å². The largest absolute Gasteiger partial charge is 0.495 e. The van der Waals surface area contributed by atoms with Crippen LogP contribution < -0.4 is 15.2 Å². The van der Waals surface area contributed by atoms with Gasteiger partial charge in [0.25, 0.3) is 10.0 Å². The molecule has 0 saturated carbocycles. The molecule has 4 rings (SSSR count). The average Bonchev–Trinajstić information content (AvgIpc) is 3.13. The molecule has 0 atom stereocenters. The zero-order valence-electron chi connectivity index (χ0n) is 19.0. The summed E-state index contributed by atoms with van der Waals surface area (Å²) in [5, 5.41) is 4.26. The first-order valence-corrected chi connectivity index (χ1v) is 11.9. The summed E-state index contributed by atoms with van der Waals surface area (Å²) in [4.78, 5) is 4.44. The molecule has 0 aliphatic carbocycles. The van der Waals surface area contributed by atoms with Gasteiger partial charge in [-0.3, -0.25) is 4.72 Å². The molecule has 0 aliphatic heterocycles. The molecule has 2 aromatic heterocycles. The van der Waals surface area contributed by atoms with Crippen LogP contribution in [0.2, 0.25) is 0 Å². The predicted octanol–water partition coefficient (Wildman–Crippen LogP) is 4.93. The molecule has 0 spiro atoms. The summed E-state index contributed by atoms with van der Waals surface area (Å²) in [5.41, 5.74) is 7.41. The molecule has 0 radical (unpaired) electrons. The zero-order valence-corrected chi connectivity index (χ0v) is 19.8. The first kappa shape index (κ1) is 24.3. The molecule has 12 heteroatoms. The fourth-order valence-corrected chi connectivity index (χ4v) is 4.92. The third-order valence-electron chi connectivity index (χ3n) is 5.34. The summed E-state index contributed by atoms with van der Waals surface area (Å²) in [6, 6.07) is 9.89. The lowest BCUT2D eigenvalue weighted by molar-refractivity contribution is -0.137. The van der Waals surface area contributed by atoms with Gasteiger partial charge in [-0.05, 0) is 54.4 Å². The number of hydrogen-bond acceptors (Lipinski definition) is 6. The lowest BCUT2D eigenvalue weighted by Gasteiger charge is -2.14. The number of halogens is 3. The molecule has 0 saturated heterocycles. The minimum absolute atomic E-state index is 0.0266. The average molecular weight is 506 g/mol. The Morgan fingerprint density at radius 1 is 1.09 bits per heavy atom. The third-order valence-corrected chi connectivity index (χ3v) is 6.74. The second-order valence-corrected chi connectivity index (χ2v) is 9.73. The highest BCUT2D eigenvalue weighted by molar-refractivity contribution is 7.92. The van der Waals surface area contributed by atoms with E-state index in [0.29, 0.717) is 22.7 Å². The molecule has 0 amide bonds. The van der Waals surface area contributed by atoms with Gasteiger partial charge in [0.2, 0.25) is 0 Å². The van der Waals surface area contributed by atoms with Gasteiger partial charge in [-0.2, -0.15) is 13.2 Å². The van der Waals surface area contributed by atoms with Crippen molar-refractivity contribution in [3.05, 3.63) is 65.9 Å². The maximum Gasteiger partial charge on any atom is 0.416 e. The first-order chi connectivity index (χ1) is 16.4. The van der Waals surface area contributed by atoms with Gasteiger partial charge in [0.1, 0.15) is 10.6 Å². The van der Waals surface area contributed by atoms with Crippen LogP contribution in [-0.4, -0.2) is 30.1 Å². The van der Waals surface area contributed by atoms with E-state index < -0.39 is 21.8 Å². The number of sulfonamides is 1. The SMILES string of the molecule is COc1ccc(-c2ccn3nc(N)c(C(C)C)c3n2)cc1S(=O)(=O)Nc1ccc(C(F)(F)F)cc1. The van der Waals surface area contributed by atoms with Crippen molar-refractivity contribution in [2.24, 2.45) is 0 Å². The molecule has 0 unspecified atom stereocenters. The van der Waals surface area contributed by atoms with Crippen molar-refractivity contribution >= 4 is 27.2 Å².